The van der Waals surface area contributed by atoms with Gasteiger partial charge in [-0.05, 0) is 25.5 Å². The molecule has 0 spiro atoms. The SMILES string of the molecule is CC[C@@H](C)Nc1nc(Nc2ccc3c(c2)OCO3)cc(-c2ccccc2)n1. The summed E-state index contributed by atoms with van der Waals surface area (Å²) in [6, 6.07) is 18.1. The van der Waals surface area contributed by atoms with Gasteiger partial charge >= 0.3 is 0 Å². The van der Waals surface area contributed by atoms with E-state index in [1.807, 2.05) is 54.6 Å². The zero-order chi connectivity index (χ0) is 18.6. The molecule has 1 aliphatic rings. The fourth-order valence-corrected chi connectivity index (χ4v) is 2.78. The summed E-state index contributed by atoms with van der Waals surface area (Å²) < 4.78 is 10.8. The van der Waals surface area contributed by atoms with Gasteiger partial charge in [0.2, 0.25) is 12.7 Å². The summed E-state index contributed by atoms with van der Waals surface area (Å²) in [6.45, 7) is 4.50. The first kappa shape index (κ1) is 17.1. The van der Waals surface area contributed by atoms with Crippen LogP contribution in [-0.4, -0.2) is 22.8 Å². The van der Waals surface area contributed by atoms with E-state index in [9.17, 15) is 0 Å². The maximum Gasteiger partial charge on any atom is 0.231 e. The summed E-state index contributed by atoms with van der Waals surface area (Å²) in [7, 11) is 0. The highest BCUT2D eigenvalue weighted by Gasteiger charge is 2.14. The standard InChI is InChI=1S/C21H22N4O2/c1-3-14(2)22-21-24-17(15-7-5-4-6-8-15)12-20(25-21)23-16-9-10-18-19(11-16)27-13-26-18/h4-12,14H,3,13H2,1-2H3,(H2,22,23,24,25)/t14-/m1/s1. The molecule has 2 heterocycles. The molecule has 2 aromatic carbocycles. The molecule has 2 N–H and O–H groups in total. The quantitative estimate of drug-likeness (QED) is 0.655. The van der Waals surface area contributed by atoms with Gasteiger partial charge in [0.05, 0.1) is 5.69 Å². The number of ether oxygens (including phenoxy) is 2. The highest BCUT2D eigenvalue weighted by Crippen LogP contribution is 2.35. The van der Waals surface area contributed by atoms with Crippen molar-refractivity contribution in [2.24, 2.45) is 0 Å². The lowest BCUT2D eigenvalue weighted by molar-refractivity contribution is 0.174. The third-order valence-electron chi connectivity index (χ3n) is 4.43. The van der Waals surface area contributed by atoms with E-state index in [0.29, 0.717) is 11.8 Å². The molecule has 6 nitrogen and oxygen atoms in total. The van der Waals surface area contributed by atoms with E-state index >= 15 is 0 Å². The Morgan fingerprint density at radius 3 is 2.63 bits per heavy atom. The van der Waals surface area contributed by atoms with E-state index in [1.54, 1.807) is 0 Å². The molecule has 0 aliphatic carbocycles. The summed E-state index contributed by atoms with van der Waals surface area (Å²) in [4.78, 5) is 9.31. The summed E-state index contributed by atoms with van der Waals surface area (Å²) in [5.41, 5.74) is 2.78. The van der Waals surface area contributed by atoms with Gasteiger partial charge in [0.15, 0.2) is 11.5 Å². The summed E-state index contributed by atoms with van der Waals surface area (Å²) >= 11 is 0. The summed E-state index contributed by atoms with van der Waals surface area (Å²) in [5, 5.41) is 6.71. The number of rotatable bonds is 6. The first-order chi connectivity index (χ1) is 13.2. The van der Waals surface area contributed by atoms with Crippen molar-refractivity contribution in [3.8, 4) is 22.8 Å². The summed E-state index contributed by atoms with van der Waals surface area (Å²) in [5.74, 6) is 2.81. The minimum atomic E-state index is 0.257. The molecular formula is C21H22N4O2. The van der Waals surface area contributed by atoms with Crippen molar-refractivity contribution in [2.45, 2.75) is 26.3 Å². The Labute approximate surface area is 158 Å². The molecule has 3 aromatic rings. The van der Waals surface area contributed by atoms with Gasteiger partial charge in [0.25, 0.3) is 0 Å². The molecule has 0 fully saturated rings. The van der Waals surface area contributed by atoms with Crippen LogP contribution >= 0.6 is 0 Å². The molecule has 0 saturated heterocycles. The van der Waals surface area contributed by atoms with Crippen molar-refractivity contribution in [3.63, 3.8) is 0 Å². The number of nitrogens with one attached hydrogen (secondary N) is 2. The average molecular weight is 362 g/mol. The molecule has 1 aliphatic heterocycles. The van der Waals surface area contributed by atoms with Gasteiger partial charge in [-0.15, -0.1) is 0 Å². The van der Waals surface area contributed by atoms with Crippen LogP contribution in [0.2, 0.25) is 0 Å². The zero-order valence-electron chi connectivity index (χ0n) is 15.4. The van der Waals surface area contributed by atoms with Gasteiger partial charge in [-0.25, -0.2) is 4.98 Å². The Hall–Kier alpha value is -3.28. The molecule has 138 valence electrons. The number of aromatic nitrogens is 2. The third-order valence-corrected chi connectivity index (χ3v) is 4.43. The molecule has 27 heavy (non-hydrogen) atoms. The second-order valence-electron chi connectivity index (χ2n) is 6.47. The molecule has 0 amide bonds. The van der Waals surface area contributed by atoms with E-state index in [-0.39, 0.29) is 12.8 Å². The van der Waals surface area contributed by atoms with Gasteiger partial charge in [-0.1, -0.05) is 37.3 Å². The molecule has 1 aromatic heterocycles. The second kappa shape index (κ2) is 7.53. The molecule has 4 rings (SSSR count). The van der Waals surface area contributed by atoms with Crippen molar-refractivity contribution in [3.05, 3.63) is 54.6 Å². The van der Waals surface area contributed by atoms with Crippen LogP contribution in [0.5, 0.6) is 11.5 Å². The highest BCUT2D eigenvalue weighted by atomic mass is 16.7. The van der Waals surface area contributed by atoms with Crippen LogP contribution in [0.4, 0.5) is 17.5 Å². The van der Waals surface area contributed by atoms with E-state index < -0.39 is 0 Å². The predicted molar refractivity (Wildman–Crippen MR) is 107 cm³/mol. The minimum Gasteiger partial charge on any atom is -0.454 e. The maximum atomic E-state index is 5.45. The van der Waals surface area contributed by atoms with E-state index in [2.05, 4.69) is 34.4 Å². The van der Waals surface area contributed by atoms with E-state index in [1.165, 1.54) is 0 Å². The number of nitrogens with zero attached hydrogens (tertiary/aromatic N) is 2. The number of benzene rings is 2. The van der Waals surface area contributed by atoms with Crippen molar-refractivity contribution < 1.29 is 9.47 Å². The van der Waals surface area contributed by atoms with Crippen molar-refractivity contribution in [1.29, 1.82) is 0 Å². The van der Waals surface area contributed by atoms with Crippen LogP contribution in [0, 0.1) is 0 Å². The number of hydrogen-bond donors (Lipinski definition) is 2. The third kappa shape index (κ3) is 3.95. The topological polar surface area (TPSA) is 68.3 Å². The fraction of sp³-hybridized carbons (Fsp3) is 0.238. The monoisotopic (exact) mass is 362 g/mol. The van der Waals surface area contributed by atoms with Gasteiger partial charge in [-0.3, -0.25) is 0 Å². The number of fused-ring (bicyclic) bond motifs is 1. The first-order valence-corrected chi connectivity index (χ1v) is 9.09. The minimum absolute atomic E-state index is 0.257. The zero-order valence-corrected chi connectivity index (χ0v) is 15.4. The molecular weight excluding hydrogens is 340 g/mol. The molecule has 0 bridgehead atoms. The van der Waals surface area contributed by atoms with Crippen molar-refractivity contribution >= 4 is 17.5 Å². The lowest BCUT2D eigenvalue weighted by Crippen LogP contribution is -2.16. The van der Waals surface area contributed by atoms with Crippen molar-refractivity contribution in [1.82, 2.24) is 9.97 Å². The van der Waals surface area contributed by atoms with Crippen LogP contribution in [0.15, 0.2) is 54.6 Å². The lowest BCUT2D eigenvalue weighted by Gasteiger charge is -2.15. The molecule has 0 radical (unpaired) electrons. The average Bonchev–Trinajstić information content (AvgIpc) is 3.16. The summed E-state index contributed by atoms with van der Waals surface area (Å²) in [6.07, 6.45) is 0.990. The molecule has 0 unspecified atom stereocenters. The Morgan fingerprint density at radius 2 is 1.81 bits per heavy atom. The van der Waals surface area contributed by atoms with E-state index in [0.717, 1.165) is 34.9 Å². The predicted octanol–water partition coefficient (Wildman–Crippen LogP) is 4.83. The molecule has 6 heteroatoms. The lowest BCUT2D eigenvalue weighted by atomic mass is 10.1. The van der Waals surface area contributed by atoms with Crippen LogP contribution in [0.25, 0.3) is 11.3 Å². The Bertz CT molecular complexity index is 931. The van der Waals surface area contributed by atoms with Gasteiger partial charge < -0.3 is 20.1 Å². The first-order valence-electron chi connectivity index (χ1n) is 9.09. The largest absolute Gasteiger partial charge is 0.454 e. The van der Waals surface area contributed by atoms with Gasteiger partial charge in [-0.2, -0.15) is 4.98 Å². The Balaban J connectivity index is 1.67. The smallest absolute Gasteiger partial charge is 0.231 e. The van der Waals surface area contributed by atoms with Gasteiger partial charge in [0.1, 0.15) is 5.82 Å². The number of anilines is 3. The molecule has 0 saturated carbocycles. The van der Waals surface area contributed by atoms with E-state index in [4.69, 9.17) is 9.47 Å². The Kier molecular flexibility index (Phi) is 4.78. The van der Waals surface area contributed by atoms with Crippen LogP contribution in [0.3, 0.4) is 0 Å². The van der Waals surface area contributed by atoms with Crippen LogP contribution in [0.1, 0.15) is 20.3 Å². The van der Waals surface area contributed by atoms with Crippen LogP contribution < -0.4 is 20.1 Å². The van der Waals surface area contributed by atoms with Crippen molar-refractivity contribution in [2.75, 3.05) is 17.4 Å². The Morgan fingerprint density at radius 1 is 1.00 bits per heavy atom. The maximum absolute atomic E-state index is 5.45. The highest BCUT2D eigenvalue weighted by molar-refractivity contribution is 5.68. The normalized spacial score (nSPS) is 13.3. The number of hydrogen-bond acceptors (Lipinski definition) is 6. The molecule has 1 atom stereocenters. The second-order valence-corrected chi connectivity index (χ2v) is 6.47. The van der Waals surface area contributed by atoms with Gasteiger partial charge in [0, 0.05) is 29.4 Å². The van der Waals surface area contributed by atoms with Crippen LogP contribution in [-0.2, 0) is 0 Å². The fourth-order valence-electron chi connectivity index (χ4n) is 2.78.